The third kappa shape index (κ3) is 3.45. The Morgan fingerprint density at radius 3 is 2.41 bits per heavy atom. The summed E-state index contributed by atoms with van der Waals surface area (Å²) in [6.07, 6.45) is 0. The minimum atomic E-state index is 0. The van der Waals surface area contributed by atoms with Gasteiger partial charge in [0.1, 0.15) is 0 Å². The molecule has 0 radical (unpaired) electrons. The number of hydrogen-bond acceptors (Lipinski definition) is 2. The van der Waals surface area contributed by atoms with Crippen LogP contribution in [0.5, 0.6) is 0 Å². The van der Waals surface area contributed by atoms with Gasteiger partial charge in [0, 0.05) is 26.7 Å². The number of halogens is 1. The van der Waals surface area contributed by atoms with Crippen LogP contribution >= 0.6 is 12.4 Å². The first-order valence-electron chi connectivity index (χ1n) is 5.68. The van der Waals surface area contributed by atoms with Crippen LogP contribution in [0.4, 0.5) is 0 Å². The molecule has 1 aliphatic rings. The van der Waals surface area contributed by atoms with Gasteiger partial charge in [-0.1, -0.05) is 29.8 Å². The summed E-state index contributed by atoms with van der Waals surface area (Å²) in [7, 11) is 1.88. The Hall–Kier alpha value is -1.06. The molecule has 2 rings (SSSR count). The van der Waals surface area contributed by atoms with Crippen molar-refractivity contribution in [3.8, 4) is 0 Å². The average molecular weight is 255 g/mol. The fourth-order valence-corrected chi connectivity index (χ4v) is 1.82. The number of hydrogen-bond donors (Lipinski definition) is 1. The van der Waals surface area contributed by atoms with E-state index in [0.29, 0.717) is 6.54 Å². The van der Waals surface area contributed by atoms with Gasteiger partial charge in [-0.2, -0.15) is 0 Å². The standard InChI is InChI=1S/C13H18N2O.ClH/c1-10-3-5-11(6-4-10)9-15(2)13(16)12-7-14-8-12;/h3-6,12,14H,7-9H2,1-2H3;1H. The number of nitrogens with zero attached hydrogens (tertiary/aromatic N) is 1. The number of nitrogens with one attached hydrogen (secondary N) is 1. The van der Waals surface area contributed by atoms with Crippen molar-refractivity contribution in [2.75, 3.05) is 20.1 Å². The molecule has 0 unspecified atom stereocenters. The molecule has 1 heterocycles. The molecule has 1 fully saturated rings. The number of carbonyl (C=O) groups is 1. The number of rotatable bonds is 3. The Balaban J connectivity index is 0.00000144. The second-order valence-electron chi connectivity index (χ2n) is 4.54. The first-order chi connectivity index (χ1) is 7.66. The zero-order valence-electron chi connectivity index (χ0n) is 10.3. The van der Waals surface area contributed by atoms with E-state index < -0.39 is 0 Å². The summed E-state index contributed by atoms with van der Waals surface area (Å²) in [6.45, 7) is 4.43. The van der Waals surface area contributed by atoms with Crippen molar-refractivity contribution in [1.82, 2.24) is 10.2 Å². The van der Waals surface area contributed by atoms with Crippen molar-refractivity contribution in [3.05, 3.63) is 35.4 Å². The predicted octanol–water partition coefficient (Wildman–Crippen LogP) is 1.59. The van der Waals surface area contributed by atoms with Gasteiger partial charge < -0.3 is 10.2 Å². The highest BCUT2D eigenvalue weighted by atomic mass is 35.5. The number of carbonyl (C=O) groups excluding carboxylic acids is 1. The Morgan fingerprint density at radius 2 is 1.94 bits per heavy atom. The summed E-state index contributed by atoms with van der Waals surface area (Å²) in [6, 6.07) is 8.33. The smallest absolute Gasteiger partial charge is 0.228 e. The van der Waals surface area contributed by atoms with Crippen LogP contribution in [-0.4, -0.2) is 30.9 Å². The minimum absolute atomic E-state index is 0. The van der Waals surface area contributed by atoms with E-state index in [4.69, 9.17) is 0 Å². The van der Waals surface area contributed by atoms with Crippen LogP contribution in [0.2, 0.25) is 0 Å². The highest BCUT2D eigenvalue weighted by Crippen LogP contribution is 2.11. The molecule has 0 atom stereocenters. The predicted molar refractivity (Wildman–Crippen MR) is 71.3 cm³/mol. The maximum absolute atomic E-state index is 11.9. The van der Waals surface area contributed by atoms with Crippen molar-refractivity contribution >= 4 is 18.3 Å². The van der Waals surface area contributed by atoms with Gasteiger partial charge in [0.2, 0.25) is 5.91 Å². The van der Waals surface area contributed by atoms with Crippen LogP contribution in [0.25, 0.3) is 0 Å². The van der Waals surface area contributed by atoms with Crippen LogP contribution in [0, 0.1) is 12.8 Å². The summed E-state index contributed by atoms with van der Waals surface area (Å²) < 4.78 is 0. The molecule has 1 aromatic carbocycles. The van der Waals surface area contributed by atoms with Crippen molar-refractivity contribution in [2.45, 2.75) is 13.5 Å². The lowest BCUT2D eigenvalue weighted by Crippen LogP contribution is -2.50. The molecule has 94 valence electrons. The van der Waals surface area contributed by atoms with E-state index in [9.17, 15) is 4.79 Å². The Bertz CT molecular complexity index is 374. The second kappa shape index (κ2) is 6.03. The SMILES string of the molecule is Cc1ccc(CN(C)C(=O)C2CNC2)cc1.Cl. The molecule has 1 aliphatic heterocycles. The molecule has 3 nitrogen and oxygen atoms in total. The molecular weight excluding hydrogens is 236 g/mol. The Labute approximate surface area is 109 Å². The maximum Gasteiger partial charge on any atom is 0.228 e. The fraction of sp³-hybridized carbons (Fsp3) is 0.462. The first-order valence-corrected chi connectivity index (χ1v) is 5.68. The van der Waals surface area contributed by atoms with Crippen molar-refractivity contribution in [2.24, 2.45) is 5.92 Å². The first kappa shape index (κ1) is 14.0. The molecule has 0 saturated carbocycles. The molecule has 0 aromatic heterocycles. The van der Waals surface area contributed by atoms with Gasteiger partial charge >= 0.3 is 0 Å². The van der Waals surface area contributed by atoms with E-state index in [-0.39, 0.29) is 24.2 Å². The van der Waals surface area contributed by atoms with E-state index in [1.165, 1.54) is 11.1 Å². The maximum atomic E-state index is 11.9. The molecule has 0 spiro atoms. The minimum Gasteiger partial charge on any atom is -0.341 e. The van der Waals surface area contributed by atoms with E-state index in [1.54, 1.807) is 0 Å². The van der Waals surface area contributed by atoms with E-state index in [1.807, 2.05) is 11.9 Å². The summed E-state index contributed by atoms with van der Waals surface area (Å²) in [5.41, 5.74) is 2.44. The van der Waals surface area contributed by atoms with Crippen molar-refractivity contribution < 1.29 is 4.79 Å². The van der Waals surface area contributed by atoms with Gasteiger partial charge in [-0.15, -0.1) is 12.4 Å². The lowest BCUT2D eigenvalue weighted by molar-refractivity contribution is -0.136. The highest BCUT2D eigenvalue weighted by Gasteiger charge is 2.27. The zero-order chi connectivity index (χ0) is 11.5. The molecule has 1 aromatic rings. The van der Waals surface area contributed by atoms with Crippen LogP contribution < -0.4 is 5.32 Å². The summed E-state index contributed by atoms with van der Waals surface area (Å²) >= 11 is 0. The number of benzene rings is 1. The lowest BCUT2D eigenvalue weighted by atomic mass is 10.0. The fourth-order valence-electron chi connectivity index (χ4n) is 1.82. The van der Waals surface area contributed by atoms with Gasteiger partial charge in [-0.25, -0.2) is 0 Å². The number of aryl methyl sites for hydroxylation is 1. The molecular formula is C13H19ClN2O. The van der Waals surface area contributed by atoms with Crippen molar-refractivity contribution in [3.63, 3.8) is 0 Å². The highest BCUT2D eigenvalue weighted by molar-refractivity contribution is 5.85. The third-order valence-corrected chi connectivity index (χ3v) is 3.05. The Kier molecular flexibility index (Phi) is 4.97. The molecule has 17 heavy (non-hydrogen) atoms. The zero-order valence-corrected chi connectivity index (χ0v) is 11.1. The summed E-state index contributed by atoms with van der Waals surface area (Å²) in [4.78, 5) is 13.7. The number of amides is 1. The van der Waals surface area contributed by atoms with Gasteiger partial charge in [-0.3, -0.25) is 4.79 Å². The van der Waals surface area contributed by atoms with E-state index in [0.717, 1.165) is 13.1 Å². The van der Waals surface area contributed by atoms with Crippen molar-refractivity contribution in [1.29, 1.82) is 0 Å². The molecule has 1 amide bonds. The summed E-state index contributed by atoms with van der Waals surface area (Å²) in [5.74, 6) is 0.440. The van der Waals surface area contributed by atoms with Crippen LogP contribution in [0.15, 0.2) is 24.3 Å². The average Bonchev–Trinajstić information content (AvgIpc) is 2.19. The molecule has 1 N–H and O–H groups in total. The van der Waals surface area contributed by atoms with Gasteiger partial charge in [0.05, 0.1) is 5.92 Å². The van der Waals surface area contributed by atoms with Crippen LogP contribution in [-0.2, 0) is 11.3 Å². The molecule has 1 saturated heterocycles. The normalized spacial score (nSPS) is 14.7. The monoisotopic (exact) mass is 254 g/mol. The van der Waals surface area contributed by atoms with E-state index in [2.05, 4.69) is 36.5 Å². The molecule has 0 bridgehead atoms. The second-order valence-corrected chi connectivity index (χ2v) is 4.54. The quantitative estimate of drug-likeness (QED) is 0.889. The van der Waals surface area contributed by atoms with Crippen LogP contribution in [0.3, 0.4) is 0 Å². The summed E-state index contributed by atoms with van der Waals surface area (Å²) in [5, 5.41) is 3.12. The molecule has 4 heteroatoms. The van der Waals surface area contributed by atoms with Crippen LogP contribution in [0.1, 0.15) is 11.1 Å². The lowest BCUT2D eigenvalue weighted by Gasteiger charge is -2.30. The van der Waals surface area contributed by atoms with Gasteiger partial charge in [0.15, 0.2) is 0 Å². The molecule has 0 aliphatic carbocycles. The van der Waals surface area contributed by atoms with Gasteiger partial charge in [0.25, 0.3) is 0 Å². The van der Waals surface area contributed by atoms with E-state index >= 15 is 0 Å². The topological polar surface area (TPSA) is 32.3 Å². The Morgan fingerprint density at radius 1 is 1.35 bits per heavy atom. The van der Waals surface area contributed by atoms with Gasteiger partial charge in [-0.05, 0) is 12.5 Å². The third-order valence-electron chi connectivity index (χ3n) is 3.05. The largest absolute Gasteiger partial charge is 0.341 e.